The van der Waals surface area contributed by atoms with Crippen LogP contribution in [-0.4, -0.2) is 16.7 Å². The molecule has 0 aliphatic carbocycles. The number of anilines is 2. The van der Waals surface area contributed by atoms with E-state index in [9.17, 15) is 5.26 Å². The van der Waals surface area contributed by atoms with E-state index in [0.717, 1.165) is 29.1 Å². The molecule has 4 heteroatoms. The van der Waals surface area contributed by atoms with Gasteiger partial charge in [0.2, 0.25) is 0 Å². The van der Waals surface area contributed by atoms with Crippen LogP contribution in [0.3, 0.4) is 0 Å². The monoisotopic (exact) mass is 266 g/mol. The molecule has 1 aromatic heterocycles. The first kappa shape index (κ1) is 14.0. The van der Waals surface area contributed by atoms with Gasteiger partial charge in [-0.2, -0.15) is 10.4 Å². The number of aryl methyl sites for hydroxylation is 2. The highest BCUT2D eigenvalue weighted by Gasteiger charge is 2.18. The van der Waals surface area contributed by atoms with Gasteiger partial charge in [-0.05, 0) is 44.9 Å². The molecule has 102 valence electrons. The standard InChI is InChI=1S/C16H18N4/c1-5-20(15-9-7-6-8-11(15)2)16-14(10-17)12(3)13(4)18-19-16/h6-9H,5H2,1-4H3. The van der Waals surface area contributed by atoms with Crippen molar-refractivity contribution < 1.29 is 0 Å². The van der Waals surface area contributed by atoms with Gasteiger partial charge in [-0.1, -0.05) is 18.2 Å². The minimum absolute atomic E-state index is 0.600. The lowest BCUT2D eigenvalue weighted by Crippen LogP contribution is -2.21. The van der Waals surface area contributed by atoms with Crippen LogP contribution in [0, 0.1) is 32.1 Å². The smallest absolute Gasteiger partial charge is 0.173 e. The van der Waals surface area contributed by atoms with E-state index in [0.29, 0.717) is 11.4 Å². The Balaban J connectivity index is 2.63. The van der Waals surface area contributed by atoms with Gasteiger partial charge in [-0.3, -0.25) is 0 Å². The van der Waals surface area contributed by atoms with Gasteiger partial charge in [0, 0.05) is 12.2 Å². The predicted octanol–water partition coefficient (Wildman–Crippen LogP) is 3.43. The Hall–Kier alpha value is -2.41. The van der Waals surface area contributed by atoms with E-state index in [1.807, 2.05) is 43.9 Å². The van der Waals surface area contributed by atoms with Gasteiger partial charge < -0.3 is 4.90 Å². The summed E-state index contributed by atoms with van der Waals surface area (Å²) >= 11 is 0. The van der Waals surface area contributed by atoms with E-state index in [1.165, 1.54) is 0 Å². The molecule has 2 rings (SSSR count). The van der Waals surface area contributed by atoms with Crippen molar-refractivity contribution in [3.05, 3.63) is 46.6 Å². The second-order valence-electron chi connectivity index (χ2n) is 4.75. The Bertz CT molecular complexity index is 671. The average molecular weight is 266 g/mol. The Kier molecular flexibility index (Phi) is 3.99. The number of para-hydroxylation sites is 1. The Morgan fingerprint density at radius 3 is 2.45 bits per heavy atom. The van der Waals surface area contributed by atoms with Crippen molar-refractivity contribution in [2.24, 2.45) is 0 Å². The van der Waals surface area contributed by atoms with E-state index in [-0.39, 0.29) is 0 Å². The van der Waals surface area contributed by atoms with Gasteiger partial charge in [0.05, 0.1) is 5.69 Å². The molecule has 0 bridgehead atoms. The fourth-order valence-electron chi connectivity index (χ4n) is 2.22. The lowest BCUT2D eigenvalue weighted by Gasteiger charge is -2.25. The lowest BCUT2D eigenvalue weighted by atomic mass is 10.1. The van der Waals surface area contributed by atoms with Crippen LogP contribution in [0.1, 0.15) is 29.3 Å². The van der Waals surface area contributed by atoms with Gasteiger partial charge in [0.1, 0.15) is 11.6 Å². The molecule has 0 saturated carbocycles. The zero-order valence-corrected chi connectivity index (χ0v) is 12.3. The molecule has 0 aliphatic rings. The van der Waals surface area contributed by atoms with E-state index < -0.39 is 0 Å². The predicted molar refractivity (Wildman–Crippen MR) is 80.1 cm³/mol. The maximum atomic E-state index is 9.44. The minimum Gasteiger partial charge on any atom is -0.324 e. The van der Waals surface area contributed by atoms with Crippen molar-refractivity contribution in [3.8, 4) is 6.07 Å². The highest BCUT2D eigenvalue weighted by molar-refractivity contribution is 5.69. The second-order valence-corrected chi connectivity index (χ2v) is 4.75. The van der Waals surface area contributed by atoms with E-state index >= 15 is 0 Å². The van der Waals surface area contributed by atoms with Crippen LogP contribution in [-0.2, 0) is 0 Å². The molecule has 2 aromatic rings. The third-order valence-corrected chi connectivity index (χ3v) is 3.53. The molecule has 0 radical (unpaired) electrons. The van der Waals surface area contributed by atoms with Crippen molar-refractivity contribution in [2.75, 3.05) is 11.4 Å². The normalized spacial score (nSPS) is 10.2. The van der Waals surface area contributed by atoms with Crippen LogP contribution in [0.2, 0.25) is 0 Å². The van der Waals surface area contributed by atoms with Crippen LogP contribution in [0.25, 0.3) is 0 Å². The maximum absolute atomic E-state index is 9.44. The molecule has 0 N–H and O–H groups in total. The molecule has 0 amide bonds. The number of nitrogens with zero attached hydrogens (tertiary/aromatic N) is 4. The van der Waals surface area contributed by atoms with E-state index in [1.54, 1.807) is 0 Å². The Morgan fingerprint density at radius 1 is 1.15 bits per heavy atom. The van der Waals surface area contributed by atoms with Crippen LogP contribution >= 0.6 is 0 Å². The fourth-order valence-corrected chi connectivity index (χ4v) is 2.22. The van der Waals surface area contributed by atoms with Gasteiger partial charge in [0.25, 0.3) is 0 Å². The number of aromatic nitrogens is 2. The van der Waals surface area contributed by atoms with E-state index in [4.69, 9.17) is 0 Å². The molecule has 1 aromatic carbocycles. The molecule has 0 aliphatic heterocycles. The van der Waals surface area contributed by atoms with Crippen molar-refractivity contribution in [1.29, 1.82) is 5.26 Å². The molecule has 0 spiro atoms. The molecular formula is C16H18N4. The van der Waals surface area contributed by atoms with Gasteiger partial charge in [-0.15, -0.1) is 5.10 Å². The number of rotatable bonds is 3. The van der Waals surface area contributed by atoms with Crippen LogP contribution < -0.4 is 4.90 Å². The summed E-state index contributed by atoms with van der Waals surface area (Å²) in [6.07, 6.45) is 0. The highest BCUT2D eigenvalue weighted by Crippen LogP contribution is 2.30. The van der Waals surface area contributed by atoms with Crippen LogP contribution in [0.4, 0.5) is 11.5 Å². The number of nitriles is 1. The van der Waals surface area contributed by atoms with Gasteiger partial charge >= 0.3 is 0 Å². The summed E-state index contributed by atoms with van der Waals surface area (Å²) in [4.78, 5) is 2.04. The molecule has 0 unspecified atom stereocenters. The summed E-state index contributed by atoms with van der Waals surface area (Å²) in [5, 5.41) is 17.9. The molecule has 1 heterocycles. The molecule has 0 atom stereocenters. The zero-order valence-electron chi connectivity index (χ0n) is 12.3. The summed E-state index contributed by atoms with van der Waals surface area (Å²) in [6, 6.07) is 10.4. The van der Waals surface area contributed by atoms with Gasteiger partial charge in [-0.25, -0.2) is 0 Å². The van der Waals surface area contributed by atoms with E-state index in [2.05, 4.69) is 29.3 Å². The summed E-state index contributed by atoms with van der Waals surface area (Å²) in [5.74, 6) is 0.632. The quantitative estimate of drug-likeness (QED) is 0.854. The number of hydrogen-bond donors (Lipinski definition) is 0. The molecular weight excluding hydrogens is 248 g/mol. The molecule has 0 saturated heterocycles. The van der Waals surface area contributed by atoms with Crippen molar-refractivity contribution in [3.63, 3.8) is 0 Å². The van der Waals surface area contributed by atoms with Crippen LogP contribution in [0.15, 0.2) is 24.3 Å². The van der Waals surface area contributed by atoms with Crippen molar-refractivity contribution >= 4 is 11.5 Å². The number of hydrogen-bond acceptors (Lipinski definition) is 4. The first-order valence-electron chi connectivity index (χ1n) is 6.67. The second kappa shape index (κ2) is 5.70. The topological polar surface area (TPSA) is 52.8 Å². The summed E-state index contributed by atoms with van der Waals surface area (Å²) in [6.45, 7) is 8.62. The first-order valence-corrected chi connectivity index (χ1v) is 6.67. The number of benzene rings is 1. The Labute approximate surface area is 119 Å². The summed E-state index contributed by atoms with van der Waals surface area (Å²) in [7, 11) is 0. The first-order chi connectivity index (χ1) is 9.60. The summed E-state index contributed by atoms with van der Waals surface area (Å²) in [5.41, 5.74) is 4.50. The summed E-state index contributed by atoms with van der Waals surface area (Å²) < 4.78 is 0. The zero-order chi connectivity index (χ0) is 14.7. The SMILES string of the molecule is CCN(c1ccccc1C)c1nnc(C)c(C)c1C#N. The molecule has 4 nitrogen and oxygen atoms in total. The Morgan fingerprint density at radius 2 is 1.85 bits per heavy atom. The fraction of sp³-hybridized carbons (Fsp3) is 0.312. The highest BCUT2D eigenvalue weighted by atomic mass is 15.3. The third kappa shape index (κ3) is 2.35. The molecule has 20 heavy (non-hydrogen) atoms. The van der Waals surface area contributed by atoms with Crippen LogP contribution in [0.5, 0.6) is 0 Å². The third-order valence-electron chi connectivity index (χ3n) is 3.53. The van der Waals surface area contributed by atoms with Gasteiger partial charge in [0.15, 0.2) is 5.82 Å². The average Bonchev–Trinajstić information content (AvgIpc) is 2.45. The van der Waals surface area contributed by atoms with Crippen molar-refractivity contribution in [1.82, 2.24) is 10.2 Å². The lowest BCUT2D eigenvalue weighted by molar-refractivity contribution is 0.893. The maximum Gasteiger partial charge on any atom is 0.173 e. The minimum atomic E-state index is 0.600. The molecule has 0 fully saturated rings. The largest absolute Gasteiger partial charge is 0.324 e. The van der Waals surface area contributed by atoms with Crippen molar-refractivity contribution in [2.45, 2.75) is 27.7 Å².